The SMILES string of the molecule is Cc1ccnc(Cl)c1NC(=O)C1CNC(=O)CN1. The Labute approximate surface area is 109 Å². The maximum Gasteiger partial charge on any atom is 0.243 e. The summed E-state index contributed by atoms with van der Waals surface area (Å²) in [5.41, 5.74) is 1.34. The van der Waals surface area contributed by atoms with Crippen molar-refractivity contribution < 1.29 is 9.59 Å². The molecule has 3 N–H and O–H groups in total. The van der Waals surface area contributed by atoms with Crippen molar-refractivity contribution in [3.05, 3.63) is 23.0 Å². The minimum absolute atomic E-state index is 0.116. The third-order valence-electron chi connectivity index (χ3n) is 2.69. The second kappa shape index (κ2) is 5.32. The smallest absolute Gasteiger partial charge is 0.243 e. The highest BCUT2D eigenvalue weighted by Crippen LogP contribution is 2.22. The Hall–Kier alpha value is -1.66. The fourth-order valence-electron chi connectivity index (χ4n) is 1.64. The van der Waals surface area contributed by atoms with Gasteiger partial charge in [0, 0.05) is 12.7 Å². The largest absolute Gasteiger partial charge is 0.353 e. The zero-order chi connectivity index (χ0) is 13.1. The molecule has 0 bridgehead atoms. The molecule has 2 heterocycles. The molecule has 1 saturated heterocycles. The first-order chi connectivity index (χ1) is 8.58. The van der Waals surface area contributed by atoms with Crippen LogP contribution in [0.5, 0.6) is 0 Å². The number of hydrogen-bond donors (Lipinski definition) is 3. The first-order valence-corrected chi connectivity index (χ1v) is 5.88. The van der Waals surface area contributed by atoms with Gasteiger partial charge < -0.3 is 10.6 Å². The number of aryl methyl sites for hydroxylation is 1. The molecule has 96 valence electrons. The molecule has 0 saturated carbocycles. The standard InChI is InChI=1S/C11H13ClN4O2/c1-6-2-3-13-10(12)9(6)16-11(18)7-4-15-8(17)5-14-7/h2-3,7,14H,4-5H2,1H3,(H,15,17)(H,16,18). The lowest BCUT2D eigenvalue weighted by atomic mass is 10.2. The molecule has 18 heavy (non-hydrogen) atoms. The average molecular weight is 269 g/mol. The monoisotopic (exact) mass is 268 g/mol. The van der Waals surface area contributed by atoms with E-state index in [-0.39, 0.29) is 30.1 Å². The van der Waals surface area contributed by atoms with Crippen LogP contribution in [0, 0.1) is 6.92 Å². The molecule has 2 amide bonds. The highest BCUT2D eigenvalue weighted by atomic mass is 35.5. The molecule has 1 fully saturated rings. The van der Waals surface area contributed by atoms with Gasteiger partial charge in [0.15, 0.2) is 5.15 Å². The Morgan fingerprint density at radius 1 is 1.61 bits per heavy atom. The number of carbonyl (C=O) groups is 2. The first kappa shape index (κ1) is 12.8. The Morgan fingerprint density at radius 3 is 3.00 bits per heavy atom. The second-order valence-corrected chi connectivity index (χ2v) is 4.38. The fourth-order valence-corrected chi connectivity index (χ4v) is 1.89. The lowest BCUT2D eigenvalue weighted by Crippen LogP contribution is -2.56. The minimum atomic E-state index is -0.460. The summed E-state index contributed by atoms with van der Waals surface area (Å²) < 4.78 is 0. The summed E-state index contributed by atoms with van der Waals surface area (Å²) in [5.74, 6) is -0.359. The number of piperazine rings is 1. The summed E-state index contributed by atoms with van der Waals surface area (Å²) in [6, 6.07) is 1.30. The molecular weight excluding hydrogens is 256 g/mol. The van der Waals surface area contributed by atoms with Crippen molar-refractivity contribution in [2.45, 2.75) is 13.0 Å². The number of pyridine rings is 1. The molecule has 6 nitrogen and oxygen atoms in total. The minimum Gasteiger partial charge on any atom is -0.353 e. The Kier molecular flexibility index (Phi) is 3.78. The van der Waals surface area contributed by atoms with Gasteiger partial charge in [-0.05, 0) is 18.6 Å². The molecule has 1 aromatic rings. The summed E-state index contributed by atoms with van der Waals surface area (Å²) in [6.45, 7) is 2.23. The van der Waals surface area contributed by atoms with Crippen molar-refractivity contribution in [3.8, 4) is 0 Å². The summed E-state index contributed by atoms with van der Waals surface area (Å²) in [4.78, 5) is 26.8. The summed E-state index contributed by atoms with van der Waals surface area (Å²) >= 11 is 5.92. The van der Waals surface area contributed by atoms with Gasteiger partial charge in [-0.25, -0.2) is 4.98 Å². The van der Waals surface area contributed by atoms with E-state index < -0.39 is 6.04 Å². The number of aromatic nitrogens is 1. The number of nitrogens with one attached hydrogen (secondary N) is 3. The van der Waals surface area contributed by atoms with Crippen LogP contribution in [0.2, 0.25) is 5.15 Å². The highest BCUT2D eigenvalue weighted by molar-refractivity contribution is 6.32. The van der Waals surface area contributed by atoms with E-state index in [1.54, 1.807) is 12.3 Å². The summed E-state index contributed by atoms with van der Waals surface area (Å²) in [7, 11) is 0. The van der Waals surface area contributed by atoms with Crippen LogP contribution < -0.4 is 16.0 Å². The molecule has 0 aliphatic carbocycles. The van der Waals surface area contributed by atoms with E-state index in [1.807, 2.05) is 6.92 Å². The molecule has 1 aliphatic rings. The number of anilines is 1. The molecule has 1 atom stereocenters. The third kappa shape index (κ3) is 2.77. The van der Waals surface area contributed by atoms with Crippen LogP contribution in [0.1, 0.15) is 5.56 Å². The Morgan fingerprint density at radius 2 is 2.39 bits per heavy atom. The number of amides is 2. The van der Waals surface area contributed by atoms with Gasteiger partial charge in [-0.2, -0.15) is 0 Å². The van der Waals surface area contributed by atoms with E-state index in [9.17, 15) is 9.59 Å². The van der Waals surface area contributed by atoms with Crippen molar-refractivity contribution in [3.63, 3.8) is 0 Å². The van der Waals surface area contributed by atoms with Gasteiger partial charge >= 0.3 is 0 Å². The quantitative estimate of drug-likeness (QED) is 0.663. The van der Waals surface area contributed by atoms with Gasteiger partial charge in [-0.1, -0.05) is 11.6 Å². The molecule has 0 spiro atoms. The number of nitrogens with zero attached hydrogens (tertiary/aromatic N) is 1. The number of carbonyl (C=O) groups excluding carboxylic acids is 2. The van der Waals surface area contributed by atoms with Gasteiger partial charge in [-0.3, -0.25) is 14.9 Å². The zero-order valence-corrected chi connectivity index (χ0v) is 10.5. The molecule has 0 radical (unpaired) electrons. The highest BCUT2D eigenvalue weighted by Gasteiger charge is 2.24. The maximum atomic E-state index is 12.0. The van der Waals surface area contributed by atoms with Gasteiger partial charge in [0.1, 0.15) is 6.04 Å². The van der Waals surface area contributed by atoms with E-state index in [2.05, 4.69) is 20.9 Å². The molecule has 1 unspecified atom stereocenters. The predicted molar refractivity (Wildman–Crippen MR) is 67.4 cm³/mol. The van der Waals surface area contributed by atoms with Crippen LogP contribution in [0.25, 0.3) is 0 Å². The van der Waals surface area contributed by atoms with Gasteiger partial charge in [0.05, 0.1) is 12.2 Å². The lowest BCUT2D eigenvalue weighted by molar-refractivity contribution is -0.124. The van der Waals surface area contributed by atoms with Crippen molar-refractivity contribution in [2.24, 2.45) is 0 Å². The normalized spacial score (nSPS) is 19.2. The Balaban J connectivity index is 2.05. The van der Waals surface area contributed by atoms with Crippen LogP contribution >= 0.6 is 11.6 Å². The second-order valence-electron chi connectivity index (χ2n) is 4.02. The van der Waals surface area contributed by atoms with Crippen LogP contribution in [-0.4, -0.2) is 35.9 Å². The first-order valence-electron chi connectivity index (χ1n) is 5.50. The van der Waals surface area contributed by atoms with E-state index >= 15 is 0 Å². The molecule has 7 heteroatoms. The number of halogens is 1. The average Bonchev–Trinajstić information content (AvgIpc) is 2.34. The van der Waals surface area contributed by atoms with Crippen LogP contribution in [0.15, 0.2) is 12.3 Å². The number of hydrogen-bond acceptors (Lipinski definition) is 4. The van der Waals surface area contributed by atoms with Crippen LogP contribution in [0.3, 0.4) is 0 Å². The zero-order valence-electron chi connectivity index (χ0n) is 9.79. The Bertz CT molecular complexity index is 462. The topological polar surface area (TPSA) is 83.1 Å². The molecule has 1 aromatic heterocycles. The van der Waals surface area contributed by atoms with Crippen molar-refractivity contribution >= 4 is 29.1 Å². The van der Waals surface area contributed by atoms with E-state index in [4.69, 9.17) is 11.6 Å². The van der Waals surface area contributed by atoms with Gasteiger partial charge in [0.2, 0.25) is 11.8 Å². The molecule has 2 rings (SSSR count). The molecule has 0 aromatic carbocycles. The summed E-state index contributed by atoms with van der Waals surface area (Å²) in [6.07, 6.45) is 1.58. The summed E-state index contributed by atoms with van der Waals surface area (Å²) in [5, 5.41) is 8.43. The molecule has 1 aliphatic heterocycles. The maximum absolute atomic E-state index is 12.0. The third-order valence-corrected chi connectivity index (χ3v) is 2.98. The lowest BCUT2D eigenvalue weighted by Gasteiger charge is -2.23. The van der Waals surface area contributed by atoms with Crippen LogP contribution in [-0.2, 0) is 9.59 Å². The van der Waals surface area contributed by atoms with E-state index in [0.717, 1.165) is 5.56 Å². The number of rotatable bonds is 2. The fraction of sp³-hybridized carbons (Fsp3) is 0.364. The van der Waals surface area contributed by atoms with E-state index in [1.165, 1.54) is 0 Å². The van der Waals surface area contributed by atoms with Crippen LogP contribution in [0.4, 0.5) is 5.69 Å². The van der Waals surface area contributed by atoms with E-state index in [0.29, 0.717) is 5.69 Å². The van der Waals surface area contributed by atoms with Gasteiger partial charge in [0.25, 0.3) is 0 Å². The van der Waals surface area contributed by atoms with Gasteiger partial charge in [-0.15, -0.1) is 0 Å². The predicted octanol–water partition coefficient (Wildman–Crippen LogP) is 0.0699. The van der Waals surface area contributed by atoms with Crippen molar-refractivity contribution in [1.29, 1.82) is 0 Å². The van der Waals surface area contributed by atoms with Crippen molar-refractivity contribution in [1.82, 2.24) is 15.6 Å². The molecular formula is C11H13ClN4O2. The van der Waals surface area contributed by atoms with Crippen molar-refractivity contribution in [2.75, 3.05) is 18.4 Å².